The van der Waals surface area contributed by atoms with Crippen LogP contribution in [0.2, 0.25) is 0 Å². The van der Waals surface area contributed by atoms with Gasteiger partial charge < -0.3 is 14.6 Å². The van der Waals surface area contributed by atoms with Crippen molar-refractivity contribution < 1.29 is 4.74 Å². The first-order valence-electron chi connectivity index (χ1n) is 5.24. The highest BCUT2D eigenvalue weighted by molar-refractivity contribution is 5.14. The maximum atomic E-state index is 5.32. The Kier molecular flexibility index (Phi) is 4.70. The molecule has 1 rings (SSSR count). The van der Waals surface area contributed by atoms with Gasteiger partial charge >= 0.3 is 0 Å². The molecule has 1 atom stereocenters. The molecular formula is C11H20N2O. The highest BCUT2D eigenvalue weighted by atomic mass is 16.5. The van der Waals surface area contributed by atoms with E-state index in [0.717, 1.165) is 13.2 Å². The lowest BCUT2D eigenvalue weighted by molar-refractivity contribution is 0.0880. The highest BCUT2D eigenvalue weighted by Crippen LogP contribution is 2.12. The summed E-state index contributed by atoms with van der Waals surface area (Å²) in [7, 11) is 0. The van der Waals surface area contributed by atoms with Crippen LogP contribution in [0, 0.1) is 0 Å². The topological polar surface area (TPSA) is 26.2 Å². The highest BCUT2D eigenvalue weighted by Gasteiger charge is 2.04. The van der Waals surface area contributed by atoms with Crippen molar-refractivity contribution in [3.8, 4) is 0 Å². The van der Waals surface area contributed by atoms with Crippen LogP contribution in [0.5, 0.6) is 0 Å². The molecule has 0 spiro atoms. The Morgan fingerprint density at radius 1 is 1.50 bits per heavy atom. The van der Waals surface area contributed by atoms with Gasteiger partial charge in [0.2, 0.25) is 0 Å². The summed E-state index contributed by atoms with van der Waals surface area (Å²) in [6.45, 7) is 8.70. The van der Waals surface area contributed by atoms with E-state index in [9.17, 15) is 0 Å². The number of hydrogen-bond donors (Lipinski definition) is 1. The fourth-order valence-corrected chi connectivity index (χ4v) is 1.42. The normalized spacial score (nSPS) is 13.1. The molecule has 0 fully saturated rings. The predicted octanol–water partition coefficient (Wildman–Crippen LogP) is 2.15. The third-order valence-electron chi connectivity index (χ3n) is 2.23. The van der Waals surface area contributed by atoms with Crippen LogP contribution in [-0.4, -0.2) is 17.7 Å². The fraction of sp³-hybridized carbons (Fsp3) is 0.636. The van der Waals surface area contributed by atoms with Crippen LogP contribution in [0.4, 0.5) is 0 Å². The summed E-state index contributed by atoms with van der Waals surface area (Å²) in [5.41, 5.74) is 1.31. The van der Waals surface area contributed by atoms with Crippen LogP contribution in [0.1, 0.15) is 32.4 Å². The van der Waals surface area contributed by atoms with Gasteiger partial charge in [-0.15, -0.1) is 0 Å². The Bertz CT molecular complexity index is 258. The average molecular weight is 196 g/mol. The smallest absolute Gasteiger partial charge is 0.122 e. The summed E-state index contributed by atoms with van der Waals surface area (Å²) >= 11 is 0. The van der Waals surface area contributed by atoms with Crippen LogP contribution in [-0.2, 0) is 11.5 Å². The lowest BCUT2D eigenvalue weighted by atomic mass is 10.2. The molecule has 1 N–H and O–H groups in total. The first-order valence-corrected chi connectivity index (χ1v) is 5.24. The van der Waals surface area contributed by atoms with E-state index in [-0.39, 0.29) is 0 Å². The van der Waals surface area contributed by atoms with E-state index in [0.29, 0.717) is 12.8 Å². The summed E-state index contributed by atoms with van der Waals surface area (Å²) in [4.78, 5) is 0. The van der Waals surface area contributed by atoms with E-state index in [1.165, 1.54) is 5.56 Å². The van der Waals surface area contributed by atoms with Crippen molar-refractivity contribution in [2.75, 3.05) is 13.2 Å². The molecular weight excluding hydrogens is 176 g/mol. The number of rotatable bonds is 6. The zero-order chi connectivity index (χ0) is 10.4. The minimum absolute atomic E-state index is 0.419. The minimum atomic E-state index is 0.419. The first kappa shape index (κ1) is 11.3. The van der Waals surface area contributed by atoms with Crippen molar-refractivity contribution in [1.82, 2.24) is 9.88 Å². The van der Waals surface area contributed by atoms with Gasteiger partial charge in [-0.2, -0.15) is 0 Å². The number of ether oxygens (including phenoxy) is 1. The molecule has 0 saturated carbocycles. The van der Waals surface area contributed by atoms with E-state index in [2.05, 4.69) is 42.2 Å². The molecule has 0 aliphatic carbocycles. The number of nitrogens with zero attached hydrogens (tertiary/aromatic N) is 1. The molecule has 3 heteroatoms. The van der Waals surface area contributed by atoms with Gasteiger partial charge in [0.15, 0.2) is 0 Å². The van der Waals surface area contributed by atoms with Gasteiger partial charge in [0.05, 0.1) is 0 Å². The second-order valence-corrected chi connectivity index (χ2v) is 3.36. The van der Waals surface area contributed by atoms with Gasteiger partial charge in [0.25, 0.3) is 0 Å². The average Bonchev–Trinajstić information content (AvgIpc) is 2.63. The second-order valence-electron chi connectivity index (χ2n) is 3.36. The van der Waals surface area contributed by atoms with E-state index >= 15 is 0 Å². The summed E-state index contributed by atoms with van der Waals surface area (Å²) in [6, 6.07) is 2.55. The fourth-order valence-electron chi connectivity index (χ4n) is 1.42. The molecule has 0 amide bonds. The second kappa shape index (κ2) is 5.83. The zero-order valence-corrected chi connectivity index (χ0v) is 9.29. The molecule has 1 aromatic heterocycles. The molecule has 0 radical (unpaired) electrons. The quantitative estimate of drug-likeness (QED) is 0.754. The molecule has 0 saturated heterocycles. The van der Waals surface area contributed by atoms with Gasteiger partial charge in [0, 0.05) is 25.0 Å². The van der Waals surface area contributed by atoms with E-state index in [1.54, 1.807) is 0 Å². The third kappa shape index (κ3) is 3.16. The molecule has 0 aromatic carbocycles. The van der Waals surface area contributed by atoms with Crippen LogP contribution < -0.4 is 5.32 Å². The Morgan fingerprint density at radius 2 is 2.29 bits per heavy atom. The third-order valence-corrected chi connectivity index (χ3v) is 2.23. The molecule has 1 heterocycles. The van der Waals surface area contributed by atoms with Crippen molar-refractivity contribution in [2.45, 2.75) is 33.5 Å². The lowest BCUT2D eigenvalue weighted by Gasteiger charge is -2.09. The van der Waals surface area contributed by atoms with Gasteiger partial charge in [-0.1, -0.05) is 6.92 Å². The van der Waals surface area contributed by atoms with E-state index in [4.69, 9.17) is 4.74 Å². The lowest BCUT2D eigenvalue weighted by Crippen LogP contribution is -2.17. The Hall–Kier alpha value is -0.800. The number of aromatic nitrogens is 1. The van der Waals surface area contributed by atoms with Crippen LogP contribution in [0.3, 0.4) is 0 Å². The summed E-state index contributed by atoms with van der Waals surface area (Å²) < 4.78 is 7.38. The maximum absolute atomic E-state index is 5.32. The van der Waals surface area contributed by atoms with Gasteiger partial charge in [-0.3, -0.25) is 0 Å². The maximum Gasteiger partial charge on any atom is 0.122 e. The summed E-state index contributed by atoms with van der Waals surface area (Å²) in [5.74, 6) is 0. The first-order chi connectivity index (χ1) is 6.77. The Balaban J connectivity index is 2.49. The summed E-state index contributed by atoms with van der Waals surface area (Å²) in [6.07, 6.45) is 4.18. The largest absolute Gasteiger partial charge is 0.361 e. The van der Waals surface area contributed by atoms with E-state index < -0.39 is 0 Å². The minimum Gasteiger partial charge on any atom is -0.361 e. The van der Waals surface area contributed by atoms with Gasteiger partial charge in [-0.05, 0) is 32.0 Å². The van der Waals surface area contributed by atoms with Gasteiger partial charge in [-0.25, -0.2) is 0 Å². The van der Waals surface area contributed by atoms with Crippen molar-refractivity contribution in [2.24, 2.45) is 0 Å². The summed E-state index contributed by atoms with van der Waals surface area (Å²) in [5, 5.41) is 3.38. The van der Waals surface area contributed by atoms with Crippen molar-refractivity contribution in [1.29, 1.82) is 0 Å². The predicted molar refractivity (Wildman–Crippen MR) is 58.1 cm³/mol. The monoisotopic (exact) mass is 196 g/mol. The zero-order valence-electron chi connectivity index (χ0n) is 9.29. The van der Waals surface area contributed by atoms with Gasteiger partial charge in [0.1, 0.15) is 6.73 Å². The van der Waals surface area contributed by atoms with Crippen molar-refractivity contribution in [3.05, 3.63) is 24.0 Å². The molecule has 1 unspecified atom stereocenters. The number of nitrogens with one attached hydrogen (secondary N) is 1. The molecule has 80 valence electrons. The molecule has 0 aliphatic rings. The molecule has 0 bridgehead atoms. The molecule has 0 aliphatic heterocycles. The molecule has 14 heavy (non-hydrogen) atoms. The molecule has 3 nitrogen and oxygen atoms in total. The Morgan fingerprint density at radius 3 is 2.93 bits per heavy atom. The SMILES string of the molecule is CCNC(C)c1ccn(COCC)c1. The Labute approximate surface area is 86.1 Å². The van der Waals surface area contributed by atoms with Crippen LogP contribution in [0.15, 0.2) is 18.5 Å². The van der Waals surface area contributed by atoms with Crippen LogP contribution >= 0.6 is 0 Å². The van der Waals surface area contributed by atoms with Crippen LogP contribution in [0.25, 0.3) is 0 Å². The van der Waals surface area contributed by atoms with Crippen molar-refractivity contribution in [3.63, 3.8) is 0 Å². The van der Waals surface area contributed by atoms with Crippen molar-refractivity contribution >= 4 is 0 Å². The standard InChI is InChI=1S/C11H20N2O/c1-4-12-10(3)11-6-7-13(8-11)9-14-5-2/h6-8,10,12H,4-5,9H2,1-3H3. The molecule has 1 aromatic rings. The number of hydrogen-bond acceptors (Lipinski definition) is 2. The van der Waals surface area contributed by atoms with E-state index in [1.807, 2.05) is 6.92 Å².